The van der Waals surface area contributed by atoms with Crippen molar-refractivity contribution in [1.29, 1.82) is 0 Å². The van der Waals surface area contributed by atoms with Gasteiger partial charge in [-0.25, -0.2) is 13.8 Å². The number of aryl methyl sites for hydroxylation is 1. The highest BCUT2D eigenvalue weighted by Crippen LogP contribution is 2.37. The second-order valence-electron chi connectivity index (χ2n) is 9.18. The van der Waals surface area contributed by atoms with E-state index in [2.05, 4.69) is 26.5 Å². The number of ether oxygens (including phenoxy) is 2. The lowest BCUT2D eigenvalue weighted by molar-refractivity contribution is -0.387. The molecule has 0 bridgehead atoms. The van der Waals surface area contributed by atoms with Crippen molar-refractivity contribution in [3.8, 4) is 17.2 Å². The summed E-state index contributed by atoms with van der Waals surface area (Å²) in [7, 11) is -1.90. The maximum Gasteiger partial charge on any atom is 0.289 e. The summed E-state index contributed by atoms with van der Waals surface area (Å²) in [6.45, 7) is 3.09. The Labute approximate surface area is 256 Å². The highest BCUT2D eigenvalue weighted by molar-refractivity contribution is 9.10. The topological polar surface area (TPSA) is 145 Å². The van der Waals surface area contributed by atoms with Gasteiger partial charge < -0.3 is 14.0 Å². The second kappa shape index (κ2) is 13.1. The van der Waals surface area contributed by atoms with Crippen molar-refractivity contribution in [3.05, 3.63) is 104 Å². The van der Waals surface area contributed by atoms with Gasteiger partial charge in [-0.1, -0.05) is 24.3 Å². The number of amides is 1. The fraction of sp³-hybridized carbons (Fsp3) is 0.172. The summed E-state index contributed by atoms with van der Waals surface area (Å²) in [4.78, 5) is 23.4. The van der Waals surface area contributed by atoms with Gasteiger partial charge in [0, 0.05) is 33.6 Å². The number of hydrogen-bond acceptors (Lipinski definition) is 8. The molecular formula is C29H28BrN5O7S. The van der Waals surface area contributed by atoms with Crippen LogP contribution in [0.4, 0.5) is 11.4 Å². The molecule has 1 aromatic heterocycles. The summed E-state index contributed by atoms with van der Waals surface area (Å²) in [5.74, 6) is -0.356. The van der Waals surface area contributed by atoms with Crippen LogP contribution in [0.5, 0.6) is 11.5 Å². The summed E-state index contributed by atoms with van der Waals surface area (Å²) in [6.07, 6.45) is 1.46. The van der Waals surface area contributed by atoms with E-state index in [0.29, 0.717) is 5.75 Å². The molecule has 0 unspecified atom stereocenters. The number of rotatable bonds is 11. The molecular weight excluding hydrogens is 642 g/mol. The number of nitro groups is 1. The van der Waals surface area contributed by atoms with Crippen molar-refractivity contribution in [2.45, 2.75) is 18.7 Å². The smallest absolute Gasteiger partial charge is 0.289 e. The molecule has 0 aliphatic rings. The molecule has 0 radical (unpaired) electrons. The Hall–Kier alpha value is -4.69. The molecule has 0 saturated carbocycles. The third-order valence-electron chi connectivity index (χ3n) is 6.53. The maximum atomic E-state index is 13.9. The standard InChI is InChI=1S/C29H28BrN5O7S/c1-19-15-21(20(2)34(19)24-10-6-5-9-23(24)30)17-31-32-29(36)18-33(25-14-13-22(41-3)16-27(25)42-4)43(39,40)28-12-8-7-11-26(28)35(37)38/h5-17H,18H2,1-4H3,(H,32,36)/b31-17-. The molecule has 3 aromatic carbocycles. The molecule has 224 valence electrons. The average Bonchev–Trinajstić information content (AvgIpc) is 3.27. The van der Waals surface area contributed by atoms with Gasteiger partial charge in [0.15, 0.2) is 4.90 Å². The number of nitro benzene ring substituents is 1. The minimum Gasteiger partial charge on any atom is -0.497 e. The number of sulfonamides is 1. The molecule has 14 heteroatoms. The van der Waals surface area contributed by atoms with Gasteiger partial charge in [0.25, 0.3) is 21.6 Å². The number of methoxy groups -OCH3 is 2. The van der Waals surface area contributed by atoms with E-state index in [1.54, 1.807) is 0 Å². The van der Waals surface area contributed by atoms with E-state index in [0.717, 1.165) is 43.5 Å². The Bertz CT molecular complexity index is 1820. The molecule has 1 heterocycles. The van der Waals surface area contributed by atoms with Crippen LogP contribution < -0.4 is 19.2 Å². The van der Waals surface area contributed by atoms with E-state index < -0.39 is 38.0 Å². The lowest BCUT2D eigenvalue weighted by Gasteiger charge is -2.25. The van der Waals surface area contributed by atoms with Gasteiger partial charge in [-0.2, -0.15) is 5.10 Å². The van der Waals surface area contributed by atoms with Crippen LogP contribution in [0.3, 0.4) is 0 Å². The molecule has 0 fully saturated rings. The summed E-state index contributed by atoms with van der Waals surface area (Å²) in [5.41, 5.74) is 5.17. The number of hydrazone groups is 1. The van der Waals surface area contributed by atoms with Gasteiger partial charge in [-0.05, 0) is 66.2 Å². The van der Waals surface area contributed by atoms with Crippen LogP contribution in [0.2, 0.25) is 0 Å². The summed E-state index contributed by atoms with van der Waals surface area (Å²) >= 11 is 3.57. The van der Waals surface area contributed by atoms with Gasteiger partial charge in [-0.3, -0.25) is 19.2 Å². The first-order valence-electron chi connectivity index (χ1n) is 12.7. The lowest BCUT2D eigenvalue weighted by Crippen LogP contribution is -2.40. The highest BCUT2D eigenvalue weighted by atomic mass is 79.9. The summed E-state index contributed by atoms with van der Waals surface area (Å²) in [5, 5.41) is 15.7. The van der Waals surface area contributed by atoms with Crippen LogP contribution in [-0.2, 0) is 14.8 Å². The molecule has 0 spiro atoms. The zero-order valence-corrected chi connectivity index (χ0v) is 26.0. The highest BCUT2D eigenvalue weighted by Gasteiger charge is 2.34. The van der Waals surface area contributed by atoms with Crippen LogP contribution in [0.25, 0.3) is 5.69 Å². The van der Waals surface area contributed by atoms with Crippen LogP contribution in [0.1, 0.15) is 17.0 Å². The van der Waals surface area contributed by atoms with E-state index in [-0.39, 0.29) is 11.4 Å². The molecule has 12 nitrogen and oxygen atoms in total. The van der Waals surface area contributed by atoms with Crippen molar-refractivity contribution in [3.63, 3.8) is 0 Å². The van der Waals surface area contributed by atoms with Gasteiger partial charge in [0.1, 0.15) is 18.0 Å². The van der Waals surface area contributed by atoms with Crippen molar-refractivity contribution in [2.24, 2.45) is 5.10 Å². The lowest BCUT2D eigenvalue weighted by atomic mass is 10.2. The van der Waals surface area contributed by atoms with E-state index in [9.17, 15) is 23.3 Å². The summed E-state index contributed by atoms with van der Waals surface area (Å²) in [6, 6.07) is 18.8. The number of hydrogen-bond donors (Lipinski definition) is 1. The zero-order chi connectivity index (χ0) is 31.3. The first-order chi connectivity index (χ1) is 20.5. The SMILES string of the molecule is COc1ccc(N(CC(=O)N/N=C\c2cc(C)n(-c3ccccc3Br)c2C)S(=O)(=O)c2ccccc2[N+](=O)[O-])c(OC)c1. The van der Waals surface area contributed by atoms with Gasteiger partial charge in [-0.15, -0.1) is 0 Å². The predicted octanol–water partition coefficient (Wildman–Crippen LogP) is 5.13. The van der Waals surface area contributed by atoms with E-state index in [4.69, 9.17) is 9.47 Å². The van der Waals surface area contributed by atoms with Crippen LogP contribution in [0.15, 0.2) is 87.3 Å². The van der Waals surface area contributed by atoms with Crippen molar-refractivity contribution >= 4 is 49.4 Å². The molecule has 0 atom stereocenters. The third-order valence-corrected chi connectivity index (χ3v) is 9.01. The number of carbonyl (C=O) groups is 1. The Balaban J connectivity index is 1.66. The quantitative estimate of drug-likeness (QED) is 0.132. The second-order valence-corrected chi connectivity index (χ2v) is 11.9. The first-order valence-corrected chi connectivity index (χ1v) is 15.0. The molecule has 0 saturated heterocycles. The fourth-order valence-electron chi connectivity index (χ4n) is 4.50. The Morgan fingerprint density at radius 1 is 1.07 bits per heavy atom. The van der Waals surface area contributed by atoms with Crippen LogP contribution in [0, 0.1) is 24.0 Å². The van der Waals surface area contributed by atoms with Crippen molar-refractivity contribution in [2.75, 3.05) is 25.1 Å². The maximum absolute atomic E-state index is 13.9. The van der Waals surface area contributed by atoms with E-state index in [1.165, 1.54) is 50.8 Å². The molecule has 4 aromatic rings. The average molecular weight is 671 g/mol. The number of anilines is 1. The first kappa shape index (κ1) is 31.3. The van der Waals surface area contributed by atoms with Gasteiger partial charge >= 0.3 is 0 Å². The Morgan fingerprint density at radius 3 is 2.44 bits per heavy atom. The summed E-state index contributed by atoms with van der Waals surface area (Å²) < 4.78 is 42.0. The van der Waals surface area contributed by atoms with E-state index in [1.807, 2.05) is 48.7 Å². The largest absolute Gasteiger partial charge is 0.497 e. The minimum atomic E-state index is -4.65. The van der Waals surface area contributed by atoms with Crippen LogP contribution in [-0.4, -0.2) is 50.8 Å². The van der Waals surface area contributed by atoms with Gasteiger partial charge in [0.2, 0.25) is 0 Å². The zero-order valence-electron chi connectivity index (χ0n) is 23.6. The molecule has 1 N–H and O–H groups in total. The molecule has 4 rings (SSSR count). The normalized spacial score (nSPS) is 11.4. The van der Waals surface area contributed by atoms with Crippen molar-refractivity contribution < 1.29 is 27.6 Å². The molecule has 1 amide bonds. The van der Waals surface area contributed by atoms with Gasteiger partial charge in [0.05, 0.1) is 36.7 Å². The molecule has 0 aliphatic carbocycles. The minimum absolute atomic E-state index is 0.0300. The molecule has 43 heavy (non-hydrogen) atoms. The van der Waals surface area contributed by atoms with Crippen molar-refractivity contribution in [1.82, 2.24) is 9.99 Å². The number of nitrogens with zero attached hydrogens (tertiary/aromatic N) is 4. The fourth-order valence-corrected chi connectivity index (χ4v) is 6.55. The number of carbonyl (C=O) groups excluding carboxylic acids is 1. The Kier molecular flexibility index (Phi) is 9.51. The van der Waals surface area contributed by atoms with E-state index >= 15 is 0 Å². The Morgan fingerprint density at radius 2 is 1.77 bits per heavy atom. The number of nitrogens with one attached hydrogen (secondary N) is 1. The predicted molar refractivity (Wildman–Crippen MR) is 166 cm³/mol. The number of benzene rings is 3. The monoisotopic (exact) mass is 669 g/mol. The van der Waals surface area contributed by atoms with Crippen LogP contribution >= 0.6 is 15.9 Å². The third kappa shape index (κ3) is 6.54. The number of aromatic nitrogens is 1. The number of para-hydroxylation sites is 2. The number of halogens is 1. The molecule has 0 aliphatic heterocycles.